The van der Waals surface area contributed by atoms with E-state index in [2.05, 4.69) is 33.4 Å². The van der Waals surface area contributed by atoms with Crippen molar-refractivity contribution in [2.75, 3.05) is 7.05 Å². The van der Waals surface area contributed by atoms with Crippen LogP contribution in [0, 0.1) is 25.5 Å². The average Bonchev–Trinajstić information content (AvgIpc) is 2.43. The predicted molar refractivity (Wildman–Crippen MR) is 85.5 cm³/mol. The zero-order chi connectivity index (χ0) is 15.6. The number of likely N-dealkylation sites (N-methyl/N-ethyl adjacent to an activating group) is 1. The van der Waals surface area contributed by atoms with Crippen LogP contribution in [0.2, 0.25) is 0 Å². The Kier molecular flexibility index (Phi) is 5.12. The minimum atomic E-state index is -0.548. The first-order chi connectivity index (χ1) is 9.92. The number of hydrogen-bond donors (Lipinski definition) is 1. The molecule has 2 aromatic carbocycles. The van der Waals surface area contributed by atoms with Crippen LogP contribution in [0.3, 0.4) is 0 Å². The normalized spacial score (nSPS) is 12.5. The molecule has 0 fully saturated rings. The molecule has 2 rings (SSSR count). The van der Waals surface area contributed by atoms with Crippen molar-refractivity contribution in [1.82, 2.24) is 5.32 Å². The van der Waals surface area contributed by atoms with Crippen molar-refractivity contribution in [3.63, 3.8) is 0 Å². The van der Waals surface area contributed by atoms with Crippen LogP contribution in [-0.2, 0) is 6.42 Å². The number of nitrogens with one attached hydrogen (secondary N) is 1. The van der Waals surface area contributed by atoms with Gasteiger partial charge < -0.3 is 5.32 Å². The first-order valence-electron chi connectivity index (χ1n) is 6.80. The molecule has 1 nitrogen and oxygen atoms in total. The maximum atomic E-state index is 13.8. The van der Waals surface area contributed by atoms with Gasteiger partial charge in [-0.25, -0.2) is 8.78 Å². The molecule has 0 radical (unpaired) electrons. The van der Waals surface area contributed by atoms with Gasteiger partial charge in [-0.2, -0.15) is 0 Å². The first-order valence-corrected chi connectivity index (χ1v) is 7.59. The standard InChI is InChI=1S/C17H18BrF2N/c1-10-7-15(18)11(2)6-14(10)17(21-3)8-12-4-5-13(19)9-16(12)20/h4-7,9,17,21H,8H2,1-3H3. The summed E-state index contributed by atoms with van der Waals surface area (Å²) in [4.78, 5) is 0. The third kappa shape index (κ3) is 3.69. The Morgan fingerprint density at radius 2 is 1.81 bits per heavy atom. The van der Waals surface area contributed by atoms with Crippen molar-refractivity contribution < 1.29 is 8.78 Å². The SMILES string of the molecule is CNC(Cc1ccc(F)cc1F)c1cc(C)c(Br)cc1C. The van der Waals surface area contributed by atoms with Crippen LogP contribution < -0.4 is 5.32 Å². The topological polar surface area (TPSA) is 12.0 Å². The summed E-state index contributed by atoms with van der Waals surface area (Å²) in [5, 5.41) is 3.22. The minimum absolute atomic E-state index is 0.0169. The van der Waals surface area contributed by atoms with E-state index in [-0.39, 0.29) is 6.04 Å². The van der Waals surface area contributed by atoms with E-state index in [1.165, 1.54) is 12.1 Å². The molecule has 1 N–H and O–H groups in total. The highest BCUT2D eigenvalue weighted by Crippen LogP contribution is 2.28. The zero-order valence-electron chi connectivity index (χ0n) is 12.3. The van der Waals surface area contributed by atoms with Gasteiger partial charge in [-0.1, -0.05) is 28.1 Å². The highest BCUT2D eigenvalue weighted by Gasteiger charge is 2.16. The molecule has 1 atom stereocenters. The van der Waals surface area contributed by atoms with E-state index in [0.717, 1.165) is 27.2 Å². The number of halogens is 3. The van der Waals surface area contributed by atoms with Gasteiger partial charge in [-0.05, 0) is 61.7 Å². The van der Waals surface area contributed by atoms with Gasteiger partial charge in [0, 0.05) is 16.6 Å². The zero-order valence-corrected chi connectivity index (χ0v) is 13.9. The van der Waals surface area contributed by atoms with Crippen molar-refractivity contribution >= 4 is 15.9 Å². The van der Waals surface area contributed by atoms with Crippen molar-refractivity contribution in [2.45, 2.75) is 26.3 Å². The third-order valence-electron chi connectivity index (χ3n) is 3.71. The first kappa shape index (κ1) is 16.1. The van der Waals surface area contributed by atoms with Crippen LogP contribution in [0.1, 0.15) is 28.3 Å². The van der Waals surface area contributed by atoms with Crippen molar-refractivity contribution in [2.24, 2.45) is 0 Å². The van der Waals surface area contributed by atoms with Gasteiger partial charge in [0.15, 0.2) is 0 Å². The molecule has 0 heterocycles. The monoisotopic (exact) mass is 353 g/mol. The molecule has 0 aromatic heterocycles. The van der Waals surface area contributed by atoms with Gasteiger partial charge in [0.25, 0.3) is 0 Å². The number of hydrogen-bond acceptors (Lipinski definition) is 1. The van der Waals surface area contributed by atoms with Gasteiger partial charge in [0.05, 0.1) is 0 Å². The number of rotatable bonds is 4. The largest absolute Gasteiger partial charge is 0.313 e. The fourth-order valence-corrected chi connectivity index (χ4v) is 2.91. The molecule has 0 aliphatic heterocycles. The van der Waals surface area contributed by atoms with E-state index in [0.29, 0.717) is 12.0 Å². The summed E-state index contributed by atoms with van der Waals surface area (Å²) in [6.07, 6.45) is 0.477. The smallest absolute Gasteiger partial charge is 0.129 e. The molecular formula is C17H18BrF2N. The van der Waals surface area contributed by atoms with Crippen LogP contribution in [0.4, 0.5) is 8.78 Å². The number of aryl methyl sites for hydroxylation is 2. The number of benzene rings is 2. The van der Waals surface area contributed by atoms with E-state index in [9.17, 15) is 8.78 Å². The molecule has 0 saturated heterocycles. The lowest BCUT2D eigenvalue weighted by atomic mass is 9.94. The van der Waals surface area contributed by atoms with Crippen LogP contribution in [-0.4, -0.2) is 7.05 Å². The Balaban J connectivity index is 2.34. The molecular weight excluding hydrogens is 336 g/mol. The third-order valence-corrected chi connectivity index (χ3v) is 4.56. The second-order valence-electron chi connectivity index (χ2n) is 5.24. The van der Waals surface area contributed by atoms with Gasteiger partial charge in [-0.15, -0.1) is 0 Å². The van der Waals surface area contributed by atoms with E-state index < -0.39 is 11.6 Å². The van der Waals surface area contributed by atoms with E-state index >= 15 is 0 Å². The maximum absolute atomic E-state index is 13.8. The molecule has 0 amide bonds. The molecule has 21 heavy (non-hydrogen) atoms. The molecule has 0 aliphatic rings. The molecule has 2 aromatic rings. The van der Waals surface area contributed by atoms with E-state index in [1.54, 1.807) is 0 Å². The van der Waals surface area contributed by atoms with Gasteiger partial charge in [0.1, 0.15) is 11.6 Å². The Morgan fingerprint density at radius 3 is 2.43 bits per heavy atom. The lowest BCUT2D eigenvalue weighted by molar-refractivity contribution is 0.539. The molecule has 0 aliphatic carbocycles. The average molecular weight is 354 g/mol. The van der Waals surface area contributed by atoms with Gasteiger partial charge >= 0.3 is 0 Å². The lowest BCUT2D eigenvalue weighted by Gasteiger charge is -2.20. The minimum Gasteiger partial charge on any atom is -0.313 e. The molecule has 0 bridgehead atoms. The predicted octanol–water partition coefficient (Wildman–Crippen LogP) is 4.85. The van der Waals surface area contributed by atoms with Gasteiger partial charge in [0.2, 0.25) is 0 Å². The van der Waals surface area contributed by atoms with E-state index in [1.807, 2.05) is 20.9 Å². The summed E-state index contributed by atoms with van der Waals surface area (Å²) in [6.45, 7) is 4.06. The highest BCUT2D eigenvalue weighted by atomic mass is 79.9. The lowest BCUT2D eigenvalue weighted by Crippen LogP contribution is -2.20. The summed E-state index contributed by atoms with van der Waals surface area (Å²) >= 11 is 3.52. The molecule has 0 saturated carbocycles. The Labute approximate surface area is 132 Å². The van der Waals surface area contributed by atoms with Crippen LogP contribution >= 0.6 is 15.9 Å². The molecule has 1 unspecified atom stereocenters. The van der Waals surface area contributed by atoms with Gasteiger partial charge in [-0.3, -0.25) is 0 Å². The quantitative estimate of drug-likeness (QED) is 0.828. The van der Waals surface area contributed by atoms with Crippen molar-refractivity contribution in [3.05, 3.63) is 68.7 Å². The van der Waals surface area contributed by atoms with Crippen molar-refractivity contribution in [1.29, 1.82) is 0 Å². The summed E-state index contributed by atoms with van der Waals surface area (Å²) in [6, 6.07) is 7.89. The maximum Gasteiger partial charge on any atom is 0.129 e. The Hall–Kier alpha value is -1.26. The molecule has 4 heteroatoms. The highest BCUT2D eigenvalue weighted by molar-refractivity contribution is 9.10. The molecule has 0 spiro atoms. The fraction of sp³-hybridized carbons (Fsp3) is 0.294. The second kappa shape index (κ2) is 6.67. The van der Waals surface area contributed by atoms with Crippen molar-refractivity contribution in [3.8, 4) is 0 Å². The Morgan fingerprint density at radius 1 is 1.10 bits per heavy atom. The fourth-order valence-electron chi connectivity index (χ4n) is 2.45. The molecule has 112 valence electrons. The van der Waals surface area contributed by atoms with Crippen LogP contribution in [0.5, 0.6) is 0 Å². The van der Waals surface area contributed by atoms with Crippen LogP contribution in [0.25, 0.3) is 0 Å². The summed E-state index contributed by atoms with van der Waals surface area (Å²) in [5.74, 6) is -1.05. The second-order valence-corrected chi connectivity index (χ2v) is 6.09. The summed E-state index contributed by atoms with van der Waals surface area (Å²) in [5.41, 5.74) is 3.91. The van der Waals surface area contributed by atoms with E-state index in [4.69, 9.17) is 0 Å². The Bertz CT molecular complexity index is 655. The summed E-state index contributed by atoms with van der Waals surface area (Å²) in [7, 11) is 1.85. The summed E-state index contributed by atoms with van der Waals surface area (Å²) < 4.78 is 27.9. The van der Waals surface area contributed by atoms with Crippen LogP contribution in [0.15, 0.2) is 34.8 Å².